The molecule has 1 aromatic carbocycles. The van der Waals surface area contributed by atoms with Gasteiger partial charge in [0.25, 0.3) is 5.91 Å². The lowest BCUT2D eigenvalue weighted by atomic mass is 9.89. The Kier molecular flexibility index (Phi) is 5.75. The number of hydrogen-bond donors (Lipinski definition) is 2. The number of carbonyl (C=O) groups is 2. The third-order valence-electron chi connectivity index (χ3n) is 7.48. The summed E-state index contributed by atoms with van der Waals surface area (Å²) in [4.78, 5) is 34.9. The van der Waals surface area contributed by atoms with Crippen molar-refractivity contribution in [1.29, 1.82) is 0 Å². The summed E-state index contributed by atoms with van der Waals surface area (Å²) in [5.41, 5.74) is 9.51. The first kappa shape index (κ1) is 23.3. The van der Waals surface area contributed by atoms with E-state index in [2.05, 4.69) is 10.2 Å². The molecule has 3 aromatic rings. The second-order valence-corrected chi connectivity index (χ2v) is 9.95. The van der Waals surface area contributed by atoms with E-state index in [9.17, 15) is 9.59 Å². The van der Waals surface area contributed by atoms with E-state index in [0.717, 1.165) is 59.8 Å². The number of anilines is 1. The number of benzene rings is 1. The van der Waals surface area contributed by atoms with Crippen molar-refractivity contribution < 1.29 is 9.59 Å². The minimum atomic E-state index is -1.07. The number of fused-ring (bicyclic) bond motifs is 2. The normalized spacial score (nSPS) is 22.3. The molecule has 9 heteroatoms. The summed E-state index contributed by atoms with van der Waals surface area (Å²) < 4.78 is 1.77. The lowest BCUT2D eigenvalue weighted by Gasteiger charge is -2.36. The van der Waals surface area contributed by atoms with E-state index >= 15 is 0 Å². The van der Waals surface area contributed by atoms with Gasteiger partial charge in [-0.3, -0.25) is 9.59 Å². The summed E-state index contributed by atoms with van der Waals surface area (Å²) in [6, 6.07) is 9.64. The molecule has 0 radical (unpaired) electrons. The first-order valence-corrected chi connectivity index (χ1v) is 12.2. The Labute approximate surface area is 205 Å². The van der Waals surface area contributed by atoms with E-state index in [0.29, 0.717) is 6.42 Å². The van der Waals surface area contributed by atoms with Crippen molar-refractivity contribution >= 4 is 23.3 Å². The molecular weight excluding hydrogens is 442 g/mol. The minimum absolute atomic E-state index is 0.141. The van der Waals surface area contributed by atoms with Gasteiger partial charge in [0, 0.05) is 50.9 Å². The number of rotatable bonds is 5. The van der Waals surface area contributed by atoms with Crippen molar-refractivity contribution in [3.05, 3.63) is 58.9 Å². The fourth-order valence-electron chi connectivity index (χ4n) is 5.52. The minimum Gasteiger partial charge on any atom is -0.355 e. The van der Waals surface area contributed by atoms with Crippen LogP contribution >= 0.6 is 0 Å². The predicted octanol–water partition coefficient (Wildman–Crippen LogP) is 2.07. The van der Waals surface area contributed by atoms with Crippen LogP contribution in [0.25, 0.3) is 5.65 Å². The van der Waals surface area contributed by atoms with Crippen molar-refractivity contribution in [3.8, 4) is 0 Å². The summed E-state index contributed by atoms with van der Waals surface area (Å²) in [5.74, 6) is 0.567. The second-order valence-electron chi connectivity index (χ2n) is 9.95. The van der Waals surface area contributed by atoms with Crippen LogP contribution in [0.1, 0.15) is 55.1 Å². The zero-order valence-corrected chi connectivity index (χ0v) is 20.8. The van der Waals surface area contributed by atoms with E-state index in [1.54, 1.807) is 16.5 Å². The Bertz CT molecular complexity index is 1300. The Hall–Kier alpha value is -3.46. The standard InChI is InChI=1S/C26H33N7O2/c1-16-14-33-23(28-24(16)32-12-10-20(27)15-32)13-22(30-33)17(2)31(4)25(35)26(29-18(3)34)11-9-19-7-5-6-8-21(19)26/h5-8,13-14,17,20H,9-12,15,27H2,1-4H3,(H,29,34)/t17-,20-,26?/m0/s1. The Morgan fingerprint density at radius 3 is 2.80 bits per heavy atom. The molecule has 0 bridgehead atoms. The molecule has 0 spiro atoms. The van der Waals surface area contributed by atoms with Crippen molar-refractivity contribution in [3.63, 3.8) is 0 Å². The third kappa shape index (κ3) is 3.93. The van der Waals surface area contributed by atoms with Crippen LogP contribution < -0.4 is 16.0 Å². The van der Waals surface area contributed by atoms with Crippen molar-refractivity contribution in [2.75, 3.05) is 25.0 Å². The Morgan fingerprint density at radius 2 is 2.09 bits per heavy atom. The Balaban J connectivity index is 1.45. The topological polar surface area (TPSA) is 109 Å². The van der Waals surface area contributed by atoms with Gasteiger partial charge in [0.1, 0.15) is 11.4 Å². The molecular formula is C26H33N7O2. The average Bonchev–Trinajstić information content (AvgIpc) is 3.54. The molecule has 1 aliphatic carbocycles. The zero-order chi connectivity index (χ0) is 24.9. The molecule has 0 saturated carbocycles. The number of nitrogens with zero attached hydrogens (tertiary/aromatic N) is 5. The van der Waals surface area contributed by atoms with Crippen LogP contribution in [-0.2, 0) is 21.5 Å². The summed E-state index contributed by atoms with van der Waals surface area (Å²) >= 11 is 0. The van der Waals surface area contributed by atoms with Gasteiger partial charge < -0.3 is 20.9 Å². The number of aryl methyl sites for hydroxylation is 2. The zero-order valence-electron chi connectivity index (χ0n) is 20.8. The highest BCUT2D eigenvalue weighted by atomic mass is 16.2. The van der Waals surface area contributed by atoms with Crippen molar-refractivity contribution in [2.24, 2.45) is 5.73 Å². The number of aromatic nitrogens is 3. The van der Waals surface area contributed by atoms with Crippen molar-refractivity contribution in [2.45, 2.75) is 57.7 Å². The quantitative estimate of drug-likeness (QED) is 0.585. The number of likely N-dealkylation sites (N-methyl/N-ethyl adjacent to an activating group) is 1. The second kappa shape index (κ2) is 8.64. The lowest BCUT2D eigenvalue weighted by Crippen LogP contribution is -2.55. The highest BCUT2D eigenvalue weighted by molar-refractivity contribution is 5.93. The van der Waals surface area contributed by atoms with E-state index < -0.39 is 5.54 Å². The molecule has 35 heavy (non-hydrogen) atoms. The molecule has 1 aliphatic heterocycles. The van der Waals surface area contributed by atoms with Crippen LogP contribution in [0, 0.1) is 6.92 Å². The lowest BCUT2D eigenvalue weighted by molar-refractivity contribution is -0.142. The fourth-order valence-corrected chi connectivity index (χ4v) is 5.52. The van der Waals surface area contributed by atoms with E-state index in [4.69, 9.17) is 15.8 Å². The smallest absolute Gasteiger partial charge is 0.253 e. The van der Waals surface area contributed by atoms with Crippen LogP contribution in [0.5, 0.6) is 0 Å². The van der Waals surface area contributed by atoms with Crippen LogP contribution in [0.4, 0.5) is 5.82 Å². The fraction of sp³-hybridized carbons (Fsp3) is 0.462. The molecule has 1 unspecified atom stereocenters. The summed E-state index contributed by atoms with van der Waals surface area (Å²) in [6.45, 7) is 7.13. The van der Waals surface area contributed by atoms with E-state index in [-0.39, 0.29) is 23.9 Å². The van der Waals surface area contributed by atoms with Gasteiger partial charge in [-0.15, -0.1) is 0 Å². The molecule has 2 aromatic heterocycles. The van der Waals surface area contributed by atoms with Crippen LogP contribution in [-0.4, -0.2) is 57.5 Å². The SMILES string of the molecule is CC(=O)NC1(C(=O)N(C)[C@@H](C)c2cc3nc(N4CC[C@H](N)C4)c(C)cn3n2)CCc2ccccc21. The third-order valence-corrected chi connectivity index (χ3v) is 7.48. The molecule has 3 N–H and O–H groups in total. The maximum atomic E-state index is 14.0. The highest BCUT2D eigenvalue weighted by Crippen LogP contribution is 2.39. The molecule has 2 amide bonds. The van der Waals surface area contributed by atoms with E-state index in [1.165, 1.54) is 6.92 Å². The number of nitrogens with one attached hydrogen (secondary N) is 1. The molecule has 1 saturated heterocycles. The number of nitrogens with two attached hydrogens (primary N) is 1. The summed E-state index contributed by atoms with van der Waals surface area (Å²) in [7, 11) is 1.78. The van der Waals surface area contributed by atoms with Gasteiger partial charge in [-0.25, -0.2) is 9.50 Å². The van der Waals surface area contributed by atoms with Gasteiger partial charge in [0.05, 0.1) is 11.7 Å². The number of hydrogen-bond acceptors (Lipinski definition) is 6. The van der Waals surface area contributed by atoms with Gasteiger partial charge >= 0.3 is 0 Å². The maximum absolute atomic E-state index is 14.0. The number of carbonyl (C=O) groups excluding carboxylic acids is 2. The van der Waals surface area contributed by atoms with Gasteiger partial charge in [0.15, 0.2) is 5.65 Å². The van der Waals surface area contributed by atoms with Gasteiger partial charge in [0.2, 0.25) is 5.91 Å². The largest absolute Gasteiger partial charge is 0.355 e. The average molecular weight is 476 g/mol. The van der Waals surface area contributed by atoms with E-state index in [1.807, 2.05) is 50.4 Å². The summed E-state index contributed by atoms with van der Waals surface area (Å²) in [5, 5.41) is 7.73. The Morgan fingerprint density at radius 1 is 1.31 bits per heavy atom. The molecule has 3 heterocycles. The molecule has 9 nitrogen and oxygen atoms in total. The first-order valence-electron chi connectivity index (χ1n) is 12.2. The van der Waals surface area contributed by atoms with Gasteiger partial charge in [-0.05, 0) is 44.2 Å². The van der Waals surface area contributed by atoms with Gasteiger partial charge in [-0.2, -0.15) is 5.10 Å². The highest BCUT2D eigenvalue weighted by Gasteiger charge is 2.48. The van der Waals surface area contributed by atoms with Crippen molar-refractivity contribution in [1.82, 2.24) is 24.8 Å². The molecule has 5 rings (SSSR count). The number of amides is 2. The van der Waals surface area contributed by atoms with Crippen LogP contribution in [0.2, 0.25) is 0 Å². The molecule has 184 valence electrons. The van der Waals surface area contributed by atoms with Crippen LogP contribution in [0.3, 0.4) is 0 Å². The first-order chi connectivity index (χ1) is 16.7. The van der Waals surface area contributed by atoms with Gasteiger partial charge in [-0.1, -0.05) is 24.3 Å². The molecule has 3 atom stereocenters. The monoisotopic (exact) mass is 475 g/mol. The maximum Gasteiger partial charge on any atom is 0.253 e. The predicted molar refractivity (Wildman–Crippen MR) is 134 cm³/mol. The van der Waals surface area contributed by atoms with Crippen LogP contribution in [0.15, 0.2) is 36.5 Å². The molecule has 2 aliphatic rings. The summed E-state index contributed by atoms with van der Waals surface area (Å²) in [6.07, 6.45) is 4.21. The molecule has 1 fully saturated rings.